The number of anilines is 1. The van der Waals surface area contributed by atoms with E-state index in [1.165, 1.54) is 19.2 Å². The Balaban J connectivity index is 2.84. The fourth-order valence-corrected chi connectivity index (χ4v) is 1.37. The van der Waals surface area contributed by atoms with Gasteiger partial charge in [0.2, 0.25) is 5.91 Å². The van der Waals surface area contributed by atoms with Crippen LogP contribution in [-0.4, -0.2) is 25.7 Å². The van der Waals surface area contributed by atoms with Gasteiger partial charge in [-0.15, -0.1) is 0 Å². The summed E-state index contributed by atoms with van der Waals surface area (Å²) < 4.78 is 4.77. The second-order valence-electron chi connectivity index (χ2n) is 3.35. The van der Waals surface area contributed by atoms with E-state index in [0.717, 1.165) is 0 Å². The maximum absolute atomic E-state index is 11.6. The van der Waals surface area contributed by atoms with Gasteiger partial charge in [-0.1, -0.05) is 11.6 Å². The van der Waals surface area contributed by atoms with E-state index < -0.39 is 11.9 Å². The first-order valence-electron chi connectivity index (χ1n) is 4.83. The van der Waals surface area contributed by atoms with Gasteiger partial charge in [0.1, 0.15) is 12.1 Å². The van der Waals surface area contributed by atoms with Crippen molar-refractivity contribution in [2.45, 2.75) is 6.04 Å². The van der Waals surface area contributed by atoms with E-state index in [1.807, 2.05) is 6.07 Å². The minimum atomic E-state index is -0.787. The smallest absolute Gasteiger partial charge is 0.243 e. The number of hydrogen-bond acceptors (Lipinski definition) is 4. The molecule has 0 saturated carbocycles. The fourth-order valence-electron chi connectivity index (χ4n) is 1.20. The fraction of sp³-hybridized carbons (Fsp3) is 0.273. The number of nitrogens with zero attached hydrogens (tertiary/aromatic N) is 1. The van der Waals surface area contributed by atoms with E-state index >= 15 is 0 Å². The molecule has 0 radical (unpaired) electrons. The summed E-state index contributed by atoms with van der Waals surface area (Å²) in [7, 11) is 1.45. The number of benzene rings is 1. The number of carbonyl (C=O) groups excluding carboxylic acids is 1. The highest BCUT2D eigenvalue weighted by Crippen LogP contribution is 2.20. The third kappa shape index (κ3) is 3.71. The molecule has 1 unspecified atom stereocenters. The van der Waals surface area contributed by atoms with Crippen LogP contribution in [0.3, 0.4) is 0 Å². The van der Waals surface area contributed by atoms with Gasteiger partial charge in [0.05, 0.1) is 17.9 Å². The van der Waals surface area contributed by atoms with Crippen molar-refractivity contribution in [2.75, 3.05) is 19.0 Å². The second kappa shape index (κ2) is 6.21. The number of nitrogens with one attached hydrogen (secondary N) is 1. The predicted octanol–water partition coefficient (Wildman–Crippen LogP) is 1.12. The Morgan fingerprint density at radius 3 is 3.00 bits per heavy atom. The molecule has 1 amide bonds. The van der Waals surface area contributed by atoms with Crippen LogP contribution in [0.15, 0.2) is 18.2 Å². The highest BCUT2D eigenvalue weighted by molar-refractivity contribution is 6.31. The Morgan fingerprint density at radius 1 is 1.71 bits per heavy atom. The van der Waals surface area contributed by atoms with E-state index in [2.05, 4.69) is 5.32 Å². The first kappa shape index (κ1) is 13.5. The van der Waals surface area contributed by atoms with Gasteiger partial charge < -0.3 is 15.8 Å². The molecule has 0 heterocycles. The predicted molar refractivity (Wildman–Crippen MR) is 64.6 cm³/mol. The third-order valence-electron chi connectivity index (χ3n) is 2.04. The Labute approximate surface area is 104 Å². The number of rotatable bonds is 4. The SMILES string of the molecule is COCC(N)C(=O)Nc1cc(Cl)ccc1C#N. The Hall–Kier alpha value is -1.61. The lowest BCUT2D eigenvalue weighted by molar-refractivity contribution is -0.118. The highest BCUT2D eigenvalue weighted by atomic mass is 35.5. The molecule has 0 aliphatic rings. The largest absolute Gasteiger partial charge is 0.383 e. The molecule has 0 saturated heterocycles. The summed E-state index contributed by atoms with van der Waals surface area (Å²) in [6.45, 7) is 0.105. The van der Waals surface area contributed by atoms with Gasteiger partial charge in [0.15, 0.2) is 0 Å². The van der Waals surface area contributed by atoms with Crippen LogP contribution < -0.4 is 11.1 Å². The molecule has 0 spiro atoms. The monoisotopic (exact) mass is 253 g/mol. The Kier molecular flexibility index (Phi) is 4.91. The average Bonchev–Trinajstić information content (AvgIpc) is 2.29. The van der Waals surface area contributed by atoms with Crippen molar-refractivity contribution in [3.05, 3.63) is 28.8 Å². The van der Waals surface area contributed by atoms with Gasteiger partial charge in [0.25, 0.3) is 0 Å². The molecule has 6 heteroatoms. The minimum absolute atomic E-state index is 0.105. The number of hydrogen-bond donors (Lipinski definition) is 2. The first-order valence-corrected chi connectivity index (χ1v) is 5.21. The van der Waals surface area contributed by atoms with Crippen LogP contribution in [0.25, 0.3) is 0 Å². The number of nitriles is 1. The number of methoxy groups -OCH3 is 1. The van der Waals surface area contributed by atoms with E-state index in [4.69, 9.17) is 27.3 Å². The molecule has 1 aromatic rings. The molecule has 0 aliphatic carbocycles. The van der Waals surface area contributed by atoms with Gasteiger partial charge in [-0.05, 0) is 18.2 Å². The maximum atomic E-state index is 11.6. The summed E-state index contributed by atoms with van der Waals surface area (Å²) in [5.41, 5.74) is 6.22. The van der Waals surface area contributed by atoms with Crippen molar-refractivity contribution >= 4 is 23.2 Å². The van der Waals surface area contributed by atoms with Crippen molar-refractivity contribution < 1.29 is 9.53 Å². The number of ether oxygens (including phenoxy) is 1. The van der Waals surface area contributed by atoms with Gasteiger partial charge in [-0.25, -0.2) is 0 Å². The molecule has 0 fully saturated rings. The highest BCUT2D eigenvalue weighted by Gasteiger charge is 2.14. The number of halogens is 1. The molecule has 1 rings (SSSR count). The summed E-state index contributed by atoms with van der Waals surface area (Å²) >= 11 is 5.78. The molecule has 1 aromatic carbocycles. The maximum Gasteiger partial charge on any atom is 0.243 e. The molecular formula is C11H12ClN3O2. The molecule has 0 bridgehead atoms. The molecule has 17 heavy (non-hydrogen) atoms. The van der Waals surface area contributed by atoms with Crippen LogP contribution in [0.5, 0.6) is 0 Å². The van der Waals surface area contributed by atoms with E-state index in [1.54, 1.807) is 6.07 Å². The van der Waals surface area contributed by atoms with Crippen molar-refractivity contribution in [3.63, 3.8) is 0 Å². The third-order valence-corrected chi connectivity index (χ3v) is 2.28. The molecule has 0 aromatic heterocycles. The number of amides is 1. The van der Waals surface area contributed by atoms with E-state index in [0.29, 0.717) is 16.3 Å². The Morgan fingerprint density at radius 2 is 2.41 bits per heavy atom. The summed E-state index contributed by atoms with van der Waals surface area (Å²) in [5.74, 6) is -0.425. The molecular weight excluding hydrogens is 242 g/mol. The van der Waals surface area contributed by atoms with Crippen LogP contribution in [0.1, 0.15) is 5.56 Å². The van der Waals surface area contributed by atoms with Crippen molar-refractivity contribution in [2.24, 2.45) is 5.73 Å². The van der Waals surface area contributed by atoms with E-state index in [-0.39, 0.29) is 6.61 Å². The summed E-state index contributed by atoms with van der Waals surface area (Å²) in [6, 6.07) is 5.77. The number of carbonyl (C=O) groups is 1. The standard InChI is InChI=1S/C11H12ClN3O2/c1-17-6-9(14)11(16)15-10-4-8(12)3-2-7(10)5-13/h2-4,9H,6,14H2,1H3,(H,15,16). The molecule has 5 nitrogen and oxygen atoms in total. The second-order valence-corrected chi connectivity index (χ2v) is 3.79. The van der Waals surface area contributed by atoms with Crippen LogP contribution in [0, 0.1) is 11.3 Å². The zero-order chi connectivity index (χ0) is 12.8. The van der Waals surface area contributed by atoms with Crippen LogP contribution >= 0.6 is 11.6 Å². The van der Waals surface area contributed by atoms with Gasteiger partial charge in [-0.3, -0.25) is 4.79 Å². The van der Waals surface area contributed by atoms with Gasteiger partial charge in [-0.2, -0.15) is 5.26 Å². The normalized spacial score (nSPS) is 11.6. The lowest BCUT2D eigenvalue weighted by Gasteiger charge is -2.12. The lowest BCUT2D eigenvalue weighted by atomic mass is 10.2. The van der Waals surface area contributed by atoms with Gasteiger partial charge >= 0.3 is 0 Å². The van der Waals surface area contributed by atoms with Crippen LogP contribution in [0.4, 0.5) is 5.69 Å². The van der Waals surface area contributed by atoms with Crippen LogP contribution in [0.2, 0.25) is 5.02 Å². The number of nitrogens with two attached hydrogens (primary N) is 1. The average molecular weight is 254 g/mol. The molecule has 3 N–H and O–H groups in total. The molecule has 0 aliphatic heterocycles. The van der Waals surface area contributed by atoms with Crippen molar-refractivity contribution in [1.82, 2.24) is 0 Å². The van der Waals surface area contributed by atoms with Crippen molar-refractivity contribution in [3.8, 4) is 6.07 Å². The first-order chi connectivity index (χ1) is 8.08. The topological polar surface area (TPSA) is 88.1 Å². The summed E-state index contributed by atoms with van der Waals surface area (Å²) in [4.78, 5) is 11.6. The quantitative estimate of drug-likeness (QED) is 0.842. The summed E-state index contributed by atoms with van der Waals surface area (Å²) in [5, 5.41) is 11.8. The zero-order valence-electron chi connectivity index (χ0n) is 9.24. The lowest BCUT2D eigenvalue weighted by Crippen LogP contribution is -2.39. The minimum Gasteiger partial charge on any atom is -0.383 e. The van der Waals surface area contributed by atoms with E-state index in [9.17, 15) is 4.79 Å². The molecule has 90 valence electrons. The zero-order valence-corrected chi connectivity index (χ0v) is 9.99. The van der Waals surface area contributed by atoms with Crippen LogP contribution in [-0.2, 0) is 9.53 Å². The summed E-state index contributed by atoms with van der Waals surface area (Å²) in [6.07, 6.45) is 0. The van der Waals surface area contributed by atoms with Gasteiger partial charge in [0, 0.05) is 12.1 Å². The Bertz CT molecular complexity index is 457. The molecule has 1 atom stereocenters. The van der Waals surface area contributed by atoms with Crippen molar-refractivity contribution in [1.29, 1.82) is 5.26 Å².